The average molecular weight is 354 g/mol. The zero-order valence-electron chi connectivity index (χ0n) is 15.3. The van der Waals surface area contributed by atoms with Crippen LogP contribution >= 0.6 is 0 Å². The summed E-state index contributed by atoms with van der Waals surface area (Å²) in [5, 5.41) is 3.30. The van der Waals surface area contributed by atoms with Crippen molar-refractivity contribution in [2.45, 2.75) is 26.8 Å². The Kier molecular flexibility index (Phi) is 5.18. The zero-order chi connectivity index (χ0) is 18.7. The molecule has 0 aliphatic rings. The quantitative estimate of drug-likeness (QED) is 0.706. The molecule has 0 bridgehead atoms. The third kappa shape index (κ3) is 3.83. The van der Waals surface area contributed by atoms with Crippen molar-refractivity contribution in [3.05, 3.63) is 63.6 Å². The van der Waals surface area contributed by atoms with Gasteiger partial charge in [0, 0.05) is 30.1 Å². The molecule has 7 heteroatoms. The van der Waals surface area contributed by atoms with Crippen LogP contribution in [0.5, 0.6) is 0 Å². The molecule has 0 saturated heterocycles. The van der Waals surface area contributed by atoms with Crippen molar-refractivity contribution in [2.24, 2.45) is 0 Å². The van der Waals surface area contributed by atoms with Gasteiger partial charge in [0.15, 0.2) is 0 Å². The molecule has 0 amide bonds. The van der Waals surface area contributed by atoms with E-state index in [1.54, 1.807) is 20.2 Å². The maximum absolute atomic E-state index is 11.9. The topological polar surface area (TPSA) is 93.0 Å². The number of hydrogen-bond donors (Lipinski definition) is 2. The molecule has 0 aliphatic carbocycles. The van der Waals surface area contributed by atoms with Gasteiger partial charge in [0.25, 0.3) is 5.56 Å². The maximum atomic E-state index is 11.9. The number of pyridine rings is 1. The van der Waals surface area contributed by atoms with Crippen LogP contribution in [-0.2, 0) is 4.74 Å². The zero-order valence-corrected chi connectivity index (χ0v) is 15.3. The van der Waals surface area contributed by atoms with E-state index in [1.807, 2.05) is 38.1 Å². The van der Waals surface area contributed by atoms with Gasteiger partial charge in [0.2, 0.25) is 0 Å². The highest BCUT2D eigenvalue weighted by molar-refractivity contribution is 5.56. The van der Waals surface area contributed by atoms with Gasteiger partial charge >= 0.3 is 0 Å². The average Bonchev–Trinajstić information content (AvgIpc) is 3.06. The summed E-state index contributed by atoms with van der Waals surface area (Å²) in [4.78, 5) is 23.5. The minimum Gasteiger partial charge on any atom is -0.464 e. The van der Waals surface area contributed by atoms with Gasteiger partial charge in [-0.1, -0.05) is 0 Å². The van der Waals surface area contributed by atoms with E-state index in [9.17, 15) is 4.79 Å². The molecule has 26 heavy (non-hydrogen) atoms. The van der Waals surface area contributed by atoms with Crippen LogP contribution < -0.4 is 10.9 Å². The molecule has 0 aliphatic heterocycles. The number of aromatic amines is 1. The van der Waals surface area contributed by atoms with Gasteiger partial charge in [0.05, 0.1) is 6.61 Å². The molecule has 3 aromatic rings. The maximum Gasteiger partial charge on any atom is 0.254 e. The highest BCUT2D eigenvalue weighted by atomic mass is 16.5. The van der Waals surface area contributed by atoms with Crippen LogP contribution in [0, 0.1) is 20.8 Å². The normalized spacial score (nSPS) is 12.2. The monoisotopic (exact) mass is 354 g/mol. The highest BCUT2D eigenvalue weighted by Gasteiger charge is 2.16. The van der Waals surface area contributed by atoms with Crippen molar-refractivity contribution in [3.8, 4) is 11.4 Å². The summed E-state index contributed by atoms with van der Waals surface area (Å²) in [7, 11) is 1.64. The van der Waals surface area contributed by atoms with E-state index in [2.05, 4.69) is 20.3 Å². The number of methoxy groups -OCH3 is 1. The molecule has 0 radical (unpaired) electrons. The second kappa shape index (κ2) is 7.53. The molecular formula is C19H22N4O3. The third-order valence-corrected chi connectivity index (χ3v) is 4.19. The molecule has 1 atom stereocenters. The number of furan rings is 1. The lowest BCUT2D eigenvalue weighted by Gasteiger charge is -2.16. The van der Waals surface area contributed by atoms with E-state index in [-0.39, 0.29) is 11.6 Å². The van der Waals surface area contributed by atoms with E-state index in [0.29, 0.717) is 29.5 Å². The lowest BCUT2D eigenvalue weighted by atomic mass is 10.2. The number of aryl methyl sites for hydroxylation is 2. The van der Waals surface area contributed by atoms with E-state index < -0.39 is 0 Å². The van der Waals surface area contributed by atoms with Crippen LogP contribution in [0.2, 0.25) is 0 Å². The number of aromatic nitrogens is 3. The van der Waals surface area contributed by atoms with Crippen molar-refractivity contribution in [1.29, 1.82) is 0 Å². The standard InChI is InChI=1S/C19H22N4O3/c1-11-5-7-16(26-11)15(10-25-4)22-17-8-6-14(9-20-17)18-21-13(3)12(2)19(24)23-18/h5-9,15H,10H2,1-4H3,(H,20,22)(H,21,23,24). The SMILES string of the molecule is COCC(Nc1ccc(-c2nc(C)c(C)c(=O)[nH]2)cn1)c1ccc(C)o1. The minimum atomic E-state index is -0.147. The van der Waals surface area contributed by atoms with E-state index in [1.165, 1.54) is 0 Å². The lowest BCUT2D eigenvalue weighted by Crippen LogP contribution is -2.16. The van der Waals surface area contributed by atoms with Crippen molar-refractivity contribution in [3.63, 3.8) is 0 Å². The summed E-state index contributed by atoms with van der Waals surface area (Å²) in [5.41, 5.74) is 1.94. The van der Waals surface area contributed by atoms with Crippen LogP contribution in [0.25, 0.3) is 11.4 Å². The predicted octanol–water partition coefficient (Wildman–Crippen LogP) is 3.15. The van der Waals surface area contributed by atoms with Gasteiger partial charge < -0.3 is 19.5 Å². The van der Waals surface area contributed by atoms with E-state index in [4.69, 9.17) is 9.15 Å². The fourth-order valence-electron chi connectivity index (χ4n) is 2.58. The fourth-order valence-corrected chi connectivity index (χ4v) is 2.58. The second-order valence-electron chi connectivity index (χ2n) is 6.16. The second-order valence-corrected chi connectivity index (χ2v) is 6.16. The molecule has 0 aromatic carbocycles. The summed E-state index contributed by atoms with van der Waals surface area (Å²) in [5.74, 6) is 2.81. The Labute approximate surface area is 151 Å². The van der Waals surface area contributed by atoms with Gasteiger partial charge in [-0.25, -0.2) is 9.97 Å². The largest absolute Gasteiger partial charge is 0.464 e. The number of H-pyrrole nitrogens is 1. The summed E-state index contributed by atoms with van der Waals surface area (Å²) in [6.07, 6.45) is 1.67. The molecule has 2 N–H and O–H groups in total. The van der Waals surface area contributed by atoms with Crippen molar-refractivity contribution in [1.82, 2.24) is 15.0 Å². The Balaban J connectivity index is 1.81. The van der Waals surface area contributed by atoms with E-state index in [0.717, 1.165) is 17.1 Å². The number of anilines is 1. The van der Waals surface area contributed by atoms with Gasteiger partial charge in [-0.15, -0.1) is 0 Å². The molecular weight excluding hydrogens is 332 g/mol. The molecule has 3 heterocycles. The van der Waals surface area contributed by atoms with Gasteiger partial charge in [-0.3, -0.25) is 4.79 Å². The molecule has 3 aromatic heterocycles. The Morgan fingerprint density at radius 2 is 2.04 bits per heavy atom. The third-order valence-electron chi connectivity index (χ3n) is 4.19. The number of hydrogen-bond acceptors (Lipinski definition) is 6. The minimum absolute atomic E-state index is 0.136. The van der Waals surface area contributed by atoms with Gasteiger partial charge in [0.1, 0.15) is 29.2 Å². The van der Waals surface area contributed by atoms with Crippen molar-refractivity contribution in [2.75, 3.05) is 19.0 Å². The van der Waals surface area contributed by atoms with Crippen LogP contribution in [0.15, 0.2) is 39.7 Å². The molecule has 3 rings (SSSR count). The highest BCUT2D eigenvalue weighted by Crippen LogP contribution is 2.22. The first-order chi connectivity index (χ1) is 12.5. The first-order valence-corrected chi connectivity index (χ1v) is 8.33. The summed E-state index contributed by atoms with van der Waals surface area (Å²) in [6.45, 7) is 5.92. The van der Waals surface area contributed by atoms with Gasteiger partial charge in [-0.2, -0.15) is 0 Å². The first-order valence-electron chi connectivity index (χ1n) is 8.33. The Hall–Kier alpha value is -2.93. The number of nitrogens with zero attached hydrogens (tertiary/aromatic N) is 2. The molecule has 0 spiro atoms. The summed E-state index contributed by atoms with van der Waals surface area (Å²) < 4.78 is 11.0. The van der Waals surface area contributed by atoms with Crippen LogP contribution in [-0.4, -0.2) is 28.7 Å². The first kappa shape index (κ1) is 17.9. The number of rotatable bonds is 6. The van der Waals surface area contributed by atoms with Crippen molar-refractivity contribution >= 4 is 5.82 Å². The van der Waals surface area contributed by atoms with Crippen molar-refractivity contribution < 1.29 is 9.15 Å². The molecule has 136 valence electrons. The molecule has 0 saturated carbocycles. The van der Waals surface area contributed by atoms with Crippen LogP contribution in [0.4, 0.5) is 5.82 Å². The Bertz CT molecular complexity index is 944. The Morgan fingerprint density at radius 3 is 2.62 bits per heavy atom. The predicted molar refractivity (Wildman–Crippen MR) is 99.2 cm³/mol. The molecule has 7 nitrogen and oxygen atoms in total. The van der Waals surface area contributed by atoms with Crippen LogP contribution in [0.3, 0.4) is 0 Å². The fraction of sp³-hybridized carbons (Fsp3) is 0.316. The number of ether oxygens (including phenoxy) is 1. The summed E-state index contributed by atoms with van der Waals surface area (Å²) >= 11 is 0. The van der Waals surface area contributed by atoms with E-state index >= 15 is 0 Å². The molecule has 0 fully saturated rings. The lowest BCUT2D eigenvalue weighted by molar-refractivity contribution is 0.178. The van der Waals surface area contributed by atoms with Crippen LogP contribution in [0.1, 0.15) is 28.8 Å². The number of nitrogens with one attached hydrogen (secondary N) is 2. The summed E-state index contributed by atoms with van der Waals surface area (Å²) in [6, 6.07) is 7.39. The smallest absolute Gasteiger partial charge is 0.254 e. The molecule has 1 unspecified atom stereocenters. The Morgan fingerprint density at radius 1 is 1.23 bits per heavy atom. The van der Waals surface area contributed by atoms with Gasteiger partial charge in [-0.05, 0) is 45.0 Å².